The number of aromatic amines is 1. The number of H-pyrrole nitrogens is 1. The molecule has 184 valence electrons. The van der Waals surface area contributed by atoms with Crippen molar-refractivity contribution in [2.75, 3.05) is 6.54 Å². The summed E-state index contributed by atoms with van der Waals surface area (Å²) in [6, 6.07) is 13.4. The predicted octanol–water partition coefficient (Wildman–Crippen LogP) is 3.05. The summed E-state index contributed by atoms with van der Waals surface area (Å²) in [5.41, 5.74) is 0.289. The number of carboxylic acid groups (broad SMARTS) is 1. The molecule has 0 amide bonds. The number of imidazole rings is 1. The van der Waals surface area contributed by atoms with Crippen LogP contribution < -0.4 is 4.72 Å². The van der Waals surface area contributed by atoms with E-state index in [1.807, 2.05) is 4.72 Å². The third kappa shape index (κ3) is 5.19. The summed E-state index contributed by atoms with van der Waals surface area (Å²) >= 11 is 0. The molecule has 0 aliphatic rings. The van der Waals surface area contributed by atoms with Gasteiger partial charge in [0.2, 0.25) is 10.0 Å². The first-order valence-corrected chi connectivity index (χ1v) is 11.8. The molecule has 0 radical (unpaired) electrons. The van der Waals surface area contributed by atoms with Crippen LogP contribution in [0.2, 0.25) is 0 Å². The Hall–Kier alpha value is -4.29. The number of nitrogens with one attached hydrogen (secondary N) is 2. The lowest BCUT2D eigenvalue weighted by Gasteiger charge is -2.14. The van der Waals surface area contributed by atoms with Gasteiger partial charge in [0.1, 0.15) is 29.9 Å². The maximum absolute atomic E-state index is 13.8. The number of carbonyl (C=O) groups excluding carboxylic acids is 2. The topological polar surface area (TPSA) is 146 Å². The molecule has 1 heterocycles. The van der Waals surface area contributed by atoms with E-state index in [0.717, 1.165) is 24.3 Å². The lowest BCUT2D eigenvalue weighted by Crippen LogP contribution is -2.29. The van der Waals surface area contributed by atoms with E-state index in [1.165, 1.54) is 12.1 Å². The first kappa shape index (κ1) is 24.8. The van der Waals surface area contributed by atoms with Gasteiger partial charge in [0.25, 0.3) is 0 Å². The number of Topliss-reactive ketones (excluding diaryl/α,β-unsaturated/α-hetero) is 2. The molecule has 4 aromatic rings. The van der Waals surface area contributed by atoms with E-state index in [1.54, 1.807) is 24.3 Å². The second-order valence-electron chi connectivity index (χ2n) is 7.70. The van der Waals surface area contributed by atoms with Crippen LogP contribution >= 0.6 is 0 Å². The molecule has 0 bridgehead atoms. The Morgan fingerprint density at radius 1 is 0.917 bits per heavy atom. The number of sulfonamides is 1. The van der Waals surface area contributed by atoms with Crippen LogP contribution in [-0.2, 0) is 14.8 Å². The minimum Gasteiger partial charge on any atom is -0.480 e. The zero-order valence-electron chi connectivity index (χ0n) is 18.2. The highest BCUT2D eigenvalue weighted by Crippen LogP contribution is 2.27. The van der Waals surface area contributed by atoms with Crippen molar-refractivity contribution in [3.05, 3.63) is 95.3 Å². The molecular weight excluding hydrogens is 496 g/mol. The highest BCUT2D eigenvalue weighted by molar-refractivity contribution is 7.89. The molecule has 1 aromatic heterocycles. The molecular formula is C24H17F2N3O6S. The Morgan fingerprint density at radius 3 is 2.25 bits per heavy atom. The third-order valence-corrected chi connectivity index (χ3v) is 6.59. The Morgan fingerprint density at radius 2 is 1.58 bits per heavy atom. The van der Waals surface area contributed by atoms with Gasteiger partial charge in [0, 0.05) is 17.2 Å². The molecule has 12 heteroatoms. The van der Waals surface area contributed by atoms with Crippen molar-refractivity contribution in [2.45, 2.75) is 10.8 Å². The van der Waals surface area contributed by atoms with Crippen LogP contribution in [0, 0.1) is 11.6 Å². The first-order valence-electron chi connectivity index (χ1n) is 10.4. The van der Waals surface area contributed by atoms with Crippen LogP contribution in [0.3, 0.4) is 0 Å². The average Bonchev–Trinajstić information content (AvgIpc) is 3.26. The van der Waals surface area contributed by atoms with Gasteiger partial charge in [-0.3, -0.25) is 14.4 Å². The molecule has 0 saturated heterocycles. The van der Waals surface area contributed by atoms with Crippen LogP contribution in [0.1, 0.15) is 32.5 Å². The molecule has 0 fully saturated rings. The van der Waals surface area contributed by atoms with Crippen molar-refractivity contribution >= 4 is 38.6 Å². The zero-order chi connectivity index (χ0) is 26.0. The SMILES string of the molecule is O=C(O)CNS(=O)(=O)c1cccc(C(=O)C(C(=O)c2cc(F)cc(F)c2)c2nc3ccccc3[nH]2)c1. The number of carboxylic acids is 1. The predicted molar refractivity (Wildman–Crippen MR) is 123 cm³/mol. The summed E-state index contributed by atoms with van der Waals surface area (Å²) in [4.78, 5) is 44.5. The summed E-state index contributed by atoms with van der Waals surface area (Å²) in [6.45, 7) is -0.883. The number of hydrogen-bond acceptors (Lipinski definition) is 6. The van der Waals surface area contributed by atoms with Gasteiger partial charge in [-0.05, 0) is 36.4 Å². The minimum absolute atomic E-state index is 0.104. The van der Waals surface area contributed by atoms with Crippen molar-refractivity contribution in [2.24, 2.45) is 0 Å². The standard InChI is InChI=1S/C24H17F2N3O6S/c25-15-8-14(9-16(26)11-15)23(33)21(24-28-18-6-1-2-7-19(18)29-24)22(32)13-4-3-5-17(10-13)36(34,35)27-12-20(30)31/h1-11,21,27H,12H2,(H,28,29)(H,30,31). The van der Waals surface area contributed by atoms with Gasteiger partial charge in [-0.25, -0.2) is 22.2 Å². The van der Waals surface area contributed by atoms with E-state index in [9.17, 15) is 31.6 Å². The van der Waals surface area contributed by atoms with Crippen LogP contribution in [0.15, 0.2) is 71.6 Å². The van der Waals surface area contributed by atoms with Crippen LogP contribution in [0.5, 0.6) is 0 Å². The maximum Gasteiger partial charge on any atom is 0.318 e. The molecule has 0 aliphatic carbocycles. The summed E-state index contributed by atoms with van der Waals surface area (Å²) in [6.07, 6.45) is 0. The Bertz CT molecular complexity index is 1560. The molecule has 0 aliphatic heterocycles. The summed E-state index contributed by atoms with van der Waals surface area (Å²) in [5, 5.41) is 8.75. The van der Waals surface area contributed by atoms with E-state index < -0.39 is 62.1 Å². The quantitative estimate of drug-likeness (QED) is 0.230. The summed E-state index contributed by atoms with van der Waals surface area (Å²) in [5.74, 6) is -7.10. The van der Waals surface area contributed by atoms with Gasteiger partial charge in [-0.2, -0.15) is 4.72 Å². The van der Waals surface area contributed by atoms with Gasteiger partial charge in [-0.1, -0.05) is 24.3 Å². The molecule has 1 atom stereocenters. The second-order valence-corrected chi connectivity index (χ2v) is 9.47. The fourth-order valence-electron chi connectivity index (χ4n) is 3.56. The van der Waals surface area contributed by atoms with Crippen LogP contribution in [0.25, 0.3) is 11.0 Å². The first-order chi connectivity index (χ1) is 17.0. The number of ketones is 2. The smallest absolute Gasteiger partial charge is 0.318 e. The largest absolute Gasteiger partial charge is 0.480 e. The van der Waals surface area contributed by atoms with Crippen LogP contribution in [0.4, 0.5) is 8.78 Å². The van der Waals surface area contributed by atoms with Gasteiger partial charge in [0.15, 0.2) is 11.6 Å². The molecule has 36 heavy (non-hydrogen) atoms. The van der Waals surface area contributed by atoms with Crippen molar-refractivity contribution in [1.82, 2.24) is 14.7 Å². The third-order valence-electron chi connectivity index (χ3n) is 5.19. The van der Waals surface area contributed by atoms with Crippen molar-refractivity contribution in [3.63, 3.8) is 0 Å². The zero-order valence-corrected chi connectivity index (χ0v) is 19.1. The minimum atomic E-state index is -4.30. The molecule has 3 aromatic carbocycles. The number of hydrogen-bond donors (Lipinski definition) is 3. The Balaban J connectivity index is 1.80. The van der Waals surface area contributed by atoms with Gasteiger partial charge < -0.3 is 10.1 Å². The number of aromatic nitrogens is 2. The number of fused-ring (bicyclic) bond motifs is 1. The van der Waals surface area contributed by atoms with Crippen molar-refractivity contribution in [1.29, 1.82) is 0 Å². The highest BCUT2D eigenvalue weighted by Gasteiger charge is 2.34. The highest BCUT2D eigenvalue weighted by atomic mass is 32.2. The lowest BCUT2D eigenvalue weighted by atomic mass is 9.89. The Kier molecular flexibility index (Phi) is 6.73. The van der Waals surface area contributed by atoms with Crippen molar-refractivity contribution in [3.8, 4) is 0 Å². The van der Waals surface area contributed by atoms with E-state index in [2.05, 4.69) is 9.97 Å². The fourth-order valence-corrected chi connectivity index (χ4v) is 4.58. The van der Waals surface area contributed by atoms with Crippen molar-refractivity contribution < 1.29 is 36.7 Å². The molecule has 0 spiro atoms. The molecule has 0 saturated carbocycles. The number of benzene rings is 3. The number of para-hydroxylation sites is 2. The fraction of sp³-hybridized carbons (Fsp3) is 0.0833. The number of rotatable bonds is 9. The van der Waals surface area contributed by atoms with Gasteiger partial charge >= 0.3 is 5.97 Å². The summed E-state index contributed by atoms with van der Waals surface area (Å²) in [7, 11) is -4.30. The molecule has 1 unspecified atom stereocenters. The summed E-state index contributed by atoms with van der Waals surface area (Å²) < 4.78 is 54.4. The average molecular weight is 513 g/mol. The van der Waals surface area contributed by atoms with Gasteiger partial charge in [-0.15, -0.1) is 0 Å². The molecule has 3 N–H and O–H groups in total. The van der Waals surface area contributed by atoms with E-state index in [0.29, 0.717) is 17.1 Å². The second kappa shape index (κ2) is 9.76. The van der Waals surface area contributed by atoms with Crippen LogP contribution in [-0.4, -0.2) is 47.6 Å². The monoisotopic (exact) mass is 513 g/mol. The van der Waals surface area contributed by atoms with E-state index in [4.69, 9.17) is 5.11 Å². The molecule has 4 rings (SSSR count). The van der Waals surface area contributed by atoms with Gasteiger partial charge in [0.05, 0.1) is 15.9 Å². The maximum atomic E-state index is 13.8. The molecule has 9 nitrogen and oxygen atoms in total. The number of nitrogens with zero attached hydrogens (tertiary/aromatic N) is 1. The Labute approximate surface area is 202 Å². The van der Waals surface area contributed by atoms with E-state index in [-0.39, 0.29) is 11.4 Å². The number of carbonyl (C=O) groups is 3. The number of aliphatic carboxylic acids is 1. The normalized spacial score (nSPS) is 12.4. The van der Waals surface area contributed by atoms with E-state index >= 15 is 0 Å². The lowest BCUT2D eigenvalue weighted by molar-refractivity contribution is -0.135. The number of halogens is 2.